The molecule has 0 unspecified atom stereocenters. The Morgan fingerprint density at radius 3 is 1.11 bits per heavy atom. The molecule has 0 saturated heterocycles. The molecule has 10 heteroatoms. The molecule has 0 atom stereocenters. The molecule has 168 valence electrons. The topological polar surface area (TPSA) is 134 Å². The van der Waals surface area contributed by atoms with E-state index < -0.39 is 15.6 Å². The zero-order valence-electron chi connectivity index (χ0n) is 16.8. The van der Waals surface area contributed by atoms with Gasteiger partial charge in [-0.2, -0.15) is 0 Å². The predicted molar refractivity (Wildman–Crippen MR) is 110 cm³/mol. The van der Waals surface area contributed by atoms with E-state index >= 15 is 0 Å². The lowest BCUT2D eigenvalue weighted by Crippen LogP contribution is -1.92. The van der Waals surface area contributed by atoms with Crippen molar-refractivity contribution in [2.75, 3.05) is 13.2 Å². The molecule has 0 rings (SSSR count). The fourth-order valence-corrected chi connectivity index (χ4v) is 3.48. The average molecular weight is 444 g/mol. The highest BCUT2D eigenvalue weighted by Gasteiger charge is 2.12. The van der Waals surface area contributed by atoms with Gasteiger partial charge in [0.15, 0.2) is 0 Å². The third kappa shape index (κ3) is 26.0. The second-order valence-electron chi connectivity index (χ2n) is 6.94. The number of rotatable bonds is 20. The van der Waals surface area contributed by atoms with E-state index in [1.165, 1.54) is 25.7 Å². The molecule has 0 aromatic rings. The predicted octanol–water partition coefficient (Wildman–Crippen LogP) is 5.22. The summed E-state index contributed by atoms with van der Waals surface area (Å²) in [6.07, 6.45) is 19.0. The van der Waals surface area contributed by atoms with E-state index in [4.69, 9.17) is 19.6 Å². The van der Waals surface area contributed by atoms with Gasteiger partial charge in [0.05, 0.1) is 13.2 Å². The van der Waals surface area contributed by atoms with Crippen LogP contribution < -0.4 is 0 Å². The van der Waals surface area contributed by atoms with Crippen molar-refractivity contribution in [2.45, 2.75) is 89.9 Å². The second-order valence-corrected chi connectivity index (χ2v) is 9.42. The van der Waals surface area contributed by atoms with Crippen molar-refractivity contribution in [2.24, 2.45) is 0 Å². The van der Waals surface area contributed by atoms with Gasteiger partial charge in [-0.15, -0.1) is 0 Å². The molecule has 0 spiro atoms. The molecule has 0 radical (unpaired) electrons. The minimum atomic E-state index is -4.30. The maximum absolute atomic E-state index is 10.5. The lowest BCUT2D eigenvalue weighted by Gasteiger charge is -2.04. The standard InChI is InChI=1S/C18H38O8P2/c19-27(20,21)25-17-15-13-11-9-7-5-3-1-2-4-6-8-10-12-14-16-18-26-28(22,23)24/h1-2H,3-18H2,(H2,19,20,21)(H2,22,23,24)/b2-1+. The summed E-state index contributed by atoms with van der Waals surface area (Å²) in [5, 5.41) is 0. The third-order valence-electron chi connectivity index (χ3n) is 4.22. The summed E-state index contributed by atoms with van der Waals surface area (Å²) in [5.74, 6) is 0. The molecule has 0 fully saturated rings. The first-order valence-corrected chi connectivity index (χ1v) is 13.3. The Morgan fingerprint density at radius 2 is 0.786 bits per heavy atom. The van der Waals surface area contributed by atoms with Crippen molar-refractivity contribution < 1.29 is 37.8 Å². The van der Waals surface area contributed by atoms with E-state index in [1.54, 1.807) is 0 Å². The molecule has 0 aliphatic carbocycles. The van der Waals surface area contributed by atoms with E-state index in [1.807, 2.05) is 0 Å². The van der Waals surface area contributed by atoms with Crippen LogP contribution in [0.15, 0.2) is 12.2 Å². The van der Waals surface area contributed by atoms with Crippen LogP contribution in [0.3, 0.4) is 0 Å². The largest absolute Gasteiger partial charge is 0.469 e. The van der Waals surface area contributed by atoms with E-state index in [-0.39, 0.29) is 13.2 Å². The molecule has 8 nitrogen and oxygen atoms in total. The molecule has 4 N–H and O–H groups in total. The highest BCUT2D eigenvalue weighted by Crippen LogP contribution is 2.36. The first-order chi connectivity index (χ1) is 13.2. The number of phosphoric ester groups is 2. The Hall–Kier alpha value is -0.0400. The van der Waals surface area contributed by atoms with Crippen LogP contribution in [0.2, 0.25) is 0 Å². The van der Waals surface area contributed by atoms with Crippen LogP contribution in [0.4, 0.5) is 0 Å². The van der Waals surface area contributed by atoms with Crippen LogP contribution in [-0.4, -0.2) is 32.8 Å². The summed E-state index contributed by atoms with van der Waals surface area (Å²) in [4.78, 5) is 34.2. The van der Waals surface area contributed by atoms with Gasteiger partial charge in [-0.25, -0.2) is 9.13 Å². The summed E-state index contributed by atoms with van der Waals surface area (Å²) in [7, 11) is -8.60. The fraction of sp³-hybridized carbons (Fsp3) is 0.889. The van der Waals surface area contributed by atoms with Crippen molar-refractivity contribution in [3.05, 3.63) is 12.2 Å². The first kappa shape index (κ1) is 28.0. The molecule has 0 aliphatic rings. The van der Waals surface area contributed by atoms with Crippen LogP contribution in [0.5, 0.6) is 0 Å². The minimum Gasteiger partial charge on any atom is -0.303 e. The molecular formula is C18H38O8P2. The van der Waals surface area contributed by atoms with Gasteiger partial charge in [0.25, 0.3) is 0 Å². The highest BCUT2D eigenvalue weighted by atomic mass is 31.2. The Morgan fingerprint density at radius 1 is 0.500 bits per heavy atom. The number of allylic oxidation sites excluding steroid dienone is 2. The van der Waals surface area contributed by atoms with Crippen LogP contribution in [0.25, 0.3) is 0 Å². The molecule has 0 heterocycles. The SMILES string of the molecule is O=P(O)(O)OCCCCCCCC/C=C/CCCCCCCCOP(=O)(O)O. The maximum atomic E-state index is 10.5. The number of hydrogen-bond acceptors (Lipinski definition) is 4. The average Bonchev–Trinajstić information content (AvgIpc) is 2.58. The fourth-order valence-electron chi connectivity index (χ4n) is 2.75. The number of phosphoric acid groups is 2. The van der Waals surface area contributed by atoms with Crippen LogP contribution >= 0.6 is 15.6 Å². The van der Waals surface area contributed by atoms with Crippen LogP contribution in [0, 0.1) is 0 Å². The smallest absolute Gasteiger partial charge is 0.303 e. The zero-order valence-corrected chi connectivity index (χ0v) is 18.6. The molecular weight excluding hydrogens is 406 g/mol. The first-order valence-electron chi connectivity index (χ1n) is 10.3. The Labute approximate surface area is 169 Å². The lowest BCUT2D eigenvalue weighted by molar-refractivity contribution is 0.191. The Bertz CT molecular complexity index is 430. The van der Waals surface area contributed by atoms with Crippen LogP contribution in [-0.2, 0) is 18.2 Å². The zero-order chi connectivity index (χ0) is 21.1. The second kappa shape index (κ2) is 17.8. The van der Waals surface area contributed by atoms with Gasteiger partial charge in [0.1, 0.15) is 0 Å². The number of hydrogen-bond donors (Lipinski definition) is 4. The third-order valence-corrected chi connectivity index (χ3v) is 5.25. The van der Waals surface area contributed by atoms with Gasteiger partial charge < -0.3 is 19.6 Å². The molecule has 0 saturated carbocycles. The monoisotopic (exact) mass is 444 g/mol. The molecule has 28 heavy (non-hydrogen) atoms. The molecule has 0 bridgehead atoms. The van der Waals surface area contributed by atoms with Gasteiger partial charge in [-0.1, -0.05) is 63.5 Å². The molecule has 0 amide bonds. The normalized spacial score (nSPS) is 12.9. The Kier molecular flexibility index (Phi) is 17.8. The molecule has 0 aliphatic heterocycles. The lowest BCUT2D eigenvalue weighted by atomic mass is 10.1. The number of unbranched alkanes of at least 4 members (excludes halogenated alkanes) is 12. The van der Waals surface area contributed by atoms with E-state index in [9.17, 15) is 9.13 Å². The van der Waals surface area contributed by atoms with Crippen molar-refractivity contribution in [1.29, 1.82) is 0 Å². The van der Waals surface area contributed by atoms with Crippen molar-refractivity contribution in [1.82, 2.24) is 0 Å². The maximum Gasteiger partial charge on any atom is 0.469 e. The highest BCUT2D eigenvalue weighted by molar-refractivity contribution is 7.46. The van der Waals surface area contributed by atoms with Gasteiger partial charge in [-0.3, -0.25) is 9.05 Å². The summed E-state index contributed by atoms with van der Waals surface area (Å²) in [6, 6.07) is 0. The summed E-state index contributed by atoms with van der Waals surface area (Å²) >= 11 is 0. The minimum absolute atomic E-state index is 0.123. The van der Waals surface area contributed by atoms with Crippen molar-refractivity contribution in [3.63, 3.8) is 0 Å². The summed E-state index contributed by atoms with van der Waals surface area (Å²) in [5.41, 5.74) is 0. The summed E-state index contributed by atoms with van der Waals surface area (Å²) < 4.78 is 29.8. The molecule has 0 aromatic carbocycles. The van der Waals surface area contributed by atoms with E-state index in [0.29, 0.717) is 12.8 Å². The van der Waals surface area contributed by atoms with E-state index in [2.05, 4.69) is 21.2 Å². The van der Waals surface area contributed by atoms with Gasteiger partial charge in [0.2, 0.25) is 0 Å². The summed E-state index contributed by atoms with van der Waals surface area (Å²) in [6.45, 7) is 0.246. The van der Waals surface area contributed by atoms with Crippen molar-refractivity contribution >= 4 is 15.6 Å². The quantitative estimate of drug-likeness (QED) is 0.114. The van der Waals surface area contributed by atoms with Gasteiger partial charge in [-0.05, 0) is 38.5 Å². The van der Waals surface area contributed by atoms with Gasteiger partial charge in [0, 0.05) is 0 Å². The van der Waals surface area contributed by atoms with Gasteiger partial charge >= 0.3 is 15.6 Å². The van der Waals surface area contributed by atoms with Crippen LogP contribution in [0.1, 0.15) is 89.9 Å². The van der Waals surface area contributed by atoms with Crippen molar-refractivity contribution in [3.8, 4) is 0 Å². The van der Waals surface area contributed by atoms with E-state index in [0.717, 1.165) is 51.4 Å². The Balaban J connectivity index is 3.18. The molecule has 0 aromatic heterocycles.